The third kappa shape index (κ3) is 1.74. The van der Waals surface area contributed by atoms with Crippen LogP contribution in [0.3, 0.4) is 0 Å². The number of likely N-dealkylation sites (tertiary alicyclic amines) is 1. The molecule has 1 atom stereocenters. The summed E-state index contributed by atoms with van der Waals surface area (Å²) < 4.78 is 0. The molecule has 0 aromatic heterocycles. The van der Waals surface area contributed by atoms with Gasteiger partial charge >= 0.3 is 0 Å². The van der Waals surface area contributed by atoms with Gasteiger partial charge in [-0.05, 0) is 37.8 Å². The summed E-state index contributed by atoms with van der Waals surface area (Å²) in [6.07, 6.45) is 3.91. The van der Waals surface area contributed by atoms with Crippen LogP contribution in [-0.4, -0.2) is 42.1 Å². The van der Waals surface area contributed by atoms with Crippen molar-refractivity contribution >= 4 is 11.6 Å². The minimum atomic E-state index is 0.0960. The van der Waals surface area contributed by atoms with Crippen LogP contribution in [-0.2, 0) is 0 Å². The Labute approximate surface area is 120 Å². The van der Waals surface area contributed by atoms with Gasteiger partial charge in [-0.1, -0.05) is 18.2 Å². The fraction of sp³-hybridized carbons (Fsp3) is 0.562. The van der Waals surface area contributed by atoms with Gasteiger partial charge in [-0.3, -0.25) is 9.89 Å². The number of guanidine groups is 1. The Balaban J connectivity index is 1.69. The lowest BCUT2D eigenvalue weighted by Gasteiger charge is -2.37. The van der Waals surface area contributed by atoms with Crippen molar-refractivity contribution in [1.82, 2.24) is 4.90 Å². The zero-order valence-electron chi connectivity index (χ0n) is 12.0. The van der Waals surface area contributed by atoms with E-state index in [0.29, 0.717) is 5.96 Å². The number of para-hydroxylation sites is 1. The van der Waals surface area contributed by atoms with Crippen molar-refractivity contribution in [2.24, 2.45) is 10.7 Å². The molecule has 1 aromatic rings. The van der Waals surface area contributed by atoms with Crippen molar-refractivity contribution in [3.63, 3.8) is 0 Å². The minimum absolute atomic E-state index is 0.0960. The lowest BCUT2D eigenvalue weighted by molar-refractivity contribution is 0.306. The minimum Gasteiger partial charge on any atom is -0.369 e. The van der Waals surface area contributed by atoms with E-state index in [-0.39, 0.29) is 5.54 Å². The van der Waals surface area contributed by atoms with Crippen LogP contribution in [0.15, 0.2) is 29.3 Å². The van der Waals surface area contributed by atoms with Gasteiger partial charge in [0.15, 0.2) is 5.96 Å². The van der Waals surface area contributed by atoms with E-state index >= 15 is 0 Å². The Hall–Kier alpha value is -1.55. The summed E-state index contributed by atoms with van der Waals surface area (Å²) in [5.74, 6) is 0.692. The van der Waals surface area contributed by atoms with E-state index in [4.69, 9.17) is 5.73 Å². The molecule has 1 unspecified atom stereocenters. The van der Waals surface area contributed by atoms with E-state index in [0.717, 1.165) is 19.1 Å². The molecule has 0 amide bonds. The lowest BCUT2D eigenvalue weighted by atomic mass is 9.96. The van der Waals surface area contributed by atoms with Crippen molar-refractivity contribution in [2.75, 3.05) is 24.5 Å². The van der Waals surface area contributed by atoms with Gasteiger partial charge in [0, 0.05) is 24.8 Å². The van der Waals surface area contributed by atoms with Crippen LogP contribution >= 0.6 is 0 Å². The first kappa shape index (κ1) is 12.2. The monoisotopic (exact) mass is 270 g/mol. The van der Waals surface area contributed by atoms with E-state index in [1.165, 1.54) is 37.1 Å². The van der Waals surface area contributed by atoms with Crippen LogP contribution in [0.2, 0.25) is 0 Å². The van der Waals surface area contributed by atoms with Crippen LogP contribution in [0.5, 0.6) is 0 Å². The van der Waals surface area contributed by atoms with E-state index < -0.39 is 0 Å². The molecule has 4 nitrogen and oxygen atoms in total. The zero-order valence-corrected chi connectivity index (χ0v) is 12.0. The van der Waals surface area contributed by atoms with Crippen LogP contribution in [0.4, 0.5) is 5.69 Å². The maximum atomic E-state index is 6.23. The molecule has 1 saturated carbocycles. The highest BCUT2D eigenvalue weighted by molar-refractivity contribution is 5.99. The largest absolute Gasteiger partial charge is 0.369 e. The molecular formula is C16H22N4. The summed E-state index contributed by atoms with van der Waals surface area (Å²) in [6, 6.07) is 9.33. The number of benzene rings is 1. The number of aliphatic imine (C=N–C) groups is 1. The highest BCUT2D eigenvalue weighted by atomic mass is 15.4. The molecule has 1 spiro atoms. The van der Waals surface area contributed by atoms with Crippen molar-refractivity contribution in [1.29, 1.82) is 0 Å². The number of nitrogens with zero attached hydrogens (tertiary/aromatic N) is 3. The zero-order chi connectivity index (χ0) is 13.7. The average molecular weight is 270 g/mol. The Morgan fingerprint density at radius 2 is 2.10 bits per heavy atom. The van der Waals surface area contributed by atoms with Gasteiger partial charge in [-0.2, -0.15) is 0 Å². The number of anilines is 1. The number of aryl methyl sites for hydroxylation is 1. The summed E-state index contributed by atoms with van der Waals surface area (Å²) in [4.78, 5) is 9.53. The smallest absolute Gasteiger partial charge is 0.196 e. The molecular weight excluding hydrogens is 248 g/mol. The van der Waals surface area contributed by atoms with Crippen LogP contribution in [0.25, 0.3) is 0 Å². The van der Waals surface area contributed by atoms with Gasteiger partial charge in [-0.25, -0.2) is 0 Å². The summed E-state index contributed by atoms with van der Waals surface area (Å²) in [5.41, 5.74) is 8.83. The van der Waals surface area contributed by atoms with Gasteiger partial charge in [0.25, 0.3) is 0 Å². The Bertz CT molecular complexity index is 563. The van der Waals surface area contributed by atoms with Gasteiger partial charge in [0.05, 0.1) is 12.1 Å². The normalized spacial score (nSPS) is 30.2. The van der Waals surface area contributed by atoms with Gasteiger partial charge in [-0.15, -0.1) is 0 Å². The highest BCUT2D eigenvalue weighted by Crippen LogP contribution is 2.41. The topological polar surface area (TPSA) is 44.9 Å². The average Bonchev–Trinajstić information content (AvgIpc) is 3.14. The molecule has 3 aliphatic rings. The Morgan fingerprint density at radius 3 is 2.85 bits per heavy atom. The van der Waals surface area contributed by atoms with Crippen LogP contribution < -0.4 is 10.6 Å². The quantitative estimate of drug-likeness (QED) is 0.890. The maximum absolute atomic E-state index is 6.23. The van der Waals surface area contributed by atoms with Crippen LogP contribution in [0.1, 0.15) is 24.8 Å². The molecule has 2 heterocycles. The second-order valence-electron chi connectivity index (χ2n) is 6.47. The lowest BCUT2D eigenvalue weighted by Crippen LogP contribution is -2.54. The number of rotatable bonds is 2. The molecule has 1 aromatic carbocycles. The summed E-state index contributed by atoms with van der Waals surface area (Å²) in [7, 11) is 0. The molecule has 4 heteroatoms. The van der Waals surface area contributed by atoms with Crippen molar-refractivity contribution in [3.05, 3.63) is 29.8 Å². The molecule has 2 fully saturated rings. The SMILES string of the molecule is Cc1ccccc1N1C(N)=NCC12CCN(C1CC1)C2. The molecule has 20 heavy (non-hydrogen) atoms. The number of hydrogen-bond acceptors (Lipinski definition) is 4. The standard InChI is InChI=1S/C16H22N4/c1-12-4-2-3-5-14(12)20-15(17)18-10-16(20)8-9-19(11-16)13-6-7-13/h2-5,13H,6-11H2,1H3,(H2,17,18). The molecule has 1 saturated heterocycles. The molecule has 106 valence electrons. The molecule has 2 aliphatic heterocycles. The fourth-order valence-corrected chi connectivity index (χ4v) is 3.76. The summed E-state index contributed by atoms with van der Waals surface area (Å²) >= 11 is 0. The van der Waals surface area contributed by atoms with E-state index in [1.54, 1.807) is 0 Å². The van der Waals surface area contributed by atoms with Crippen molar-refractivity contribution < 1.29 is 0 Å². The van der Waals surface area contributed by atoms with E-state index in [1.807, 2.05) is 0 Å². The third-order valence-corrected chi connectivity index (χ3v) is 5.02. The molecule has 4 rings (SSSR count). The van der Waals surface area contributed by atoms with Crippen molar-refractivity contribution in [3.8, 4) is 0 Å². The Kier molecular flexibility index (Phi) is 2.58. The first-order valence-corrected chi connectivity index (χ1v) is 7.59. The van der Waals surface area contributed by atoms with E-state index in [9.17, 15) is 0 Å². The second-order valence-corrected chi connectivity index (χ2v) is 6.47. The predicted molar refractivity (Wildman–Crippen MR) is 82.1 cm³/mol. The molecule has 0 bridgehead atoms. The van der Waals surface area contributed by atoms with Crippen LogP contribution in [0, 0.1) is 6.92 Å². The first-order valence-electron chi connectivity index (χ1n) is 7.59. The fourth-order valence-electron chi connectivity index (χ4n) is 3.76. The molecule has 0 radical (unpaired) electrons. The van der Waals surface area contributed by atoms with Crippen molar-refractivity contribution in [2.45, 2.75) is 37.8 Å². The summed E-state index contributed by atoms with van der Waals surface area (Å²) in [6.45, 7) is 5.30. The second kappa shape index (κ2) is 4.22. The summed E-state index contributed by atoms with van der Waals surface area (Å²) in [5, 5.41) is 0. The number of hydrogen-bond donors (Lipinski definition) is 1. The first-order chi connectivity index (χ1) is 9.70. The number of nitrogens with two attached hydrogens (primary N) is 1. The van der Waals surface area contributed by atoms with E-state index in [2.05, 4.69) is 46.0 Å². The molecule has 2 N–H and O–H groups in total. The Morgan fingerprint density at radius 1 is 1.30 bits per heavy atom. The van der Waals surface area contributed by atoms with Gasteiger partial charge in [0.1, 0.15) is 0 Å². The predicted octanol–water partition coefficient (Wildman–Crippen LogP) is 1.74. The highest BCUT2D eigenvalue weighted by Gasteiger charge is 2.50. The molecule has 1 aliphatic carbocycles. The maximum Gasteiger partial charge on any atom is 0.196 e. The van der Waals surface area contributed by atoms with Gasteiger partial charge < -0.3 is 10.6 Å². The van der Waals surface area contributed by atoms with Gasteiger partial charge in [0.2, 0.25) is 0 Å². The third-order valence-electron chi connectivity index (χ3n) is 5.02.